The summed E-state index contributed by atoms with van der Waals surface area (Å²) in [5.74, 6) is -11.7. The molecule has 1 heterocycles. The van der Waals surface area contributed by atoms with Gasteiger partial charge in [0.2, 0.25) is 15.8 Å². The highest BCUT2D eigenvalue weighted by atomic mass is 32.2. The molecule has 1 aromatic heterocycles. The van der Waals surface area contributed by atoms with Crippen molar-refractivity contribution >= 4 is 20.9 Å². The topological polar surface area (TPSA) is 50.3 Å². The molecule has 0 aliphatic heterocycles. The molecule has 10 heteroatoms. The number of hydrogen-bond donors (Lipinski definition) is 0. The van der Waals surface area contributed by atoms with E-state index in [0.717, 1.165) is 4.31 Å². The molecule has 2 aromatic carbocycles. The first-order valence-electron chi connectivity index (χ1n) is 8.59. The standard InChI is InChI=1S/C19H13F5N2O2S/c20-14-15(21)17(23)19(18(24)16(14)22)29(27,28)26(11-5-6-11)9-10-7-8-25-13-4-2-1-3-12(10)13/h1-4,7-8,11H,5-6,9H2. The second-order valence-corrected chi connectivity index (χ2v) is 8.50. The summed E-state index contributed by atoms with van der Waals surface area (Å²) in [5.41, 5.74) is 1.07. The molecule has 4 rings (SSSR count). The van der Waals surface area contributed by atoms with E-state index in [1.165, 1.54) is 6.20 Å². The van der Waals surface area contributed by atoms with Crippen molar-refractivity contribution in [3.63, 3.8) is 0 Å². The normalized spacial score (nSPS) is 14.7. The van der Waals surface area contributed by atoms with Gasteiger partial charge >= 0.3 is 0 Å². The summed E-state index contributed by atoms with van der Waals surface area (Å²) < 4.78 is 95.7. The van der Waals surface area contributed by atoms with Gasteiger partial charge in [0.15, 0.2) is 28.2 Å². The van der Waals surface area contributed by atoms with Gasteiger partial charge in [-0.1, -0.05) is 18.2 Å². The fourth-order valence-corrected chi connectivity index (χ4v) is 4.94. The summed E-state index contributed by atoms with van der Waals surface area (Å²) in [6, 6.07) is 7.82. The Morgan fingerprint density at radius 2 is 1.48 bits per heavy atom. The Balaban J connectivity index is 1.85. The summed E-state index contributed by atoms with van der Waals surface area (Å²) in [4.78, 5) is 2.33. The first-order chi connectivity index (χ1) is 13.7. The van der Waals surface area contributed by atoms with Gasteiger partial charge in [0, 0.05) is 24.2 Å². The lowest BCUT2D eigenvalue weighted by Gasteiger charge is -2.23. The second-order valence-electron chi connectivity index (χ2n) is 6.67. The van der Waals surface area contributed by atoms with E-state index in [1.54, 1.807) is 30.3 Å². The van der Waals surface area contributed by atoms with Crippen LogP contribution in [0.3, 0.4) is 0 Å². The number of rotatable bonds is 5. The molecular weight excluding hydrogens is 415 g/mol. The average Bonchev–Trinajstić information content (AvgIpc) is 3.54. The first kappa shape index (κ1) is 19.7. The van der Waals surface area contributed by atoms with Gasteiger partial charge in [-0.15, -0.1) is 0 Å². The zero-order chi connectivity index (χ0) is 20.9. The van der Waals surface area contributed by atoms with Gasteiger partial charge in [0.05, 0.1) is 5.52 Å². The Morgan fingerprint density at radius 3 is 2.10 bits per heavy atom. The summed E-state index contributed by atoms with van der Waals surface area (Å²) in [5, 5.41) is 0.619. The number of aromatic nitrogens is 1. The number of pyridine rings is 1. The lowest BCUT2D eigenvalue weighted by atomic mass is 10.1. The fourth-order valence-electron chi connectivity index (χ4n) is 3.16. The zero-order valence-corrected chi connectivity index (χ0v) is 15.5. The highest BCUT2D eigenvalue weighted by Gasteiger charge is 2.43. The minimum atomic E-state index is -5.01. The van der Waals surface area contributed by atoms with Crippen LogP contribution in [0, 0.1) is 29.1 Å². The highest BCUT2D eigenvalue weighted by molar-refractivity contribution is 7.89. The molecule has 29 heavy (non-hydrogen) atoms. The van der Waals surface area contributed by atoms with Crippen molar-refractivity contribution in [3.8, 4) is 0 Å². The van der Waals surface area contributed by atoms with Gasteiger partial charge in [0.1, 0.15) is 0 Å². The molecule has 4 nitrogen and oxygen atoms in total. The van der Waals surface area contributed by atoms with E-state index in [2.05, 4.69) is 4.98 Å². The predicted molar refractivity (Wildman–Crippen MR) is 93.7 cm³/mol. The van der Waals surface area contributed by atoms with Crippen molar-refractivity contribution in [1.29, 1.82) is 0 Å². The number of halogens is 5. The van der Waals surface area contributed by atoms with E-state index in [1.807, 2.05) is 0 Å². The molecule has 1 saturated carbocycles. The summed E-state index contributed by atoms with van der Waals surface area (Å²) in [6.45, 7) is -0.296. The molecule has 1 aliphatic carbocycles. The Bertz CT molecular complexity index is 1190. The van der Waals surface area contributed by atoms with Crippen LogP contribution in [-0.4, -0.2) is 23.7 Å². The number of fused-ring (bicyclic) bond motifs is 1. The molecule has 1 fully saturated rings. The summed E-state index contributed by atoms with van der Waals surface area (Å²) in [6.07, 6.45) is 2.28. The highest BCUT2D eigenvalue weighted by Crippen LogP contribution is 2.37. The number of sulfonamides is 1. The molecule has 0 radical (unpaired) electrons. The molecule has 0 N–H and O–H groups in total. The van der Waals surface area contributed by atoms with Crippen LogP contribution in [-0.2, 0) is 16.6 Å². The van der Waals surface area contributed by atoms with Crippen LogP contribution in [0.4, 0.5) is 22.0 Å². The molecule has 3 aromatic rings. The van der Waals surface area contributed by atoms with Gasteiger partial charge in [0.25, 0.3) is 0 Å². The van der Waals surface area contributed by atoms with Crippen molar-refractivity contribution in [1.82, 2.24) is 9.29 Å². The van der Waals surface area contributed by atoms with Crippen LogP contribution in [0.2, 0.25) is 0 Å². The summed E-state index contributed by atoms with van der Waals surface area (Å²) >= 11 is 0. The molecule has 0 atom stereocenters. The van der Waals surface area contributed by atoms with Gasteiger partial charge in [-0.3, -0.25) is 4.98 Å². The van der Waals surface area contributed by atoms with Crippen molar-refractivity contribution in [2.45, 2.75) is 30.3 Å². The maximum absolute atomic E-state index is 14.2. The Kier molecular flexibility index (Phi) is 4.78. The minimum Gasteiger partial charge on any atom is -0.256 e. The van der Waals surface area contributed by atoms with Crippen molar-refractivity contribution in [2.24, 2.45) is 0 Å². The van der Waals surface area contributed by atoms with Crippen LogP contribution in [0.1, 0.15) is 18.4 Å². The largest absolute Gasteiger partial charge is 0.256 e. The fraction of sp³-hybridized carbons (Fsp3) is 0.211. The maximum atomic E-state index is 14.2. The van der Waals surface area contributed by atoms with Crippen molar-refractivity contribution in [2.75, 3.05) is 0 Å². The molecule has 0 spiro atoms. The third kappa shape index (κ3) is 3.25. The lowest BCUT2D eigenvalue weighted by molar-refractivity contribution is 0.346. The first-order valence-corrected chi connectivity index (χ1v) is 10.0. The Hall–Kier alpha value is -2.59. The SMILES string of the molecule is O=S(=O)(c1c(F)c(F)c(F)c(F)c1F)N(Cc1ccnc2ccccc12)C1CC1. The van der Waals surface area contributed by atoms with Crippen molar-refractivity contribution in [3.05, 3.63) is 71.2 Å². The zero-order valence-electron chi connectivity index (χ0n) is 14.7. The minimum absolute atomic E-state index is 0.296. The number of benzene rings is 2. The lowest BCUT2D eigenvalue weighted by Crippen LogP contribution is -2.34. The van der Waals surface area contributed by atoms with Crippen LogP contribution < -0.4 is 0 Å². The molecule has 0 bridgehead atoms. The number of hydrogen-bond acceptors (Lipinski definition) is 3. The van der Waals surface area contributed by atoms with Gasteiger partial charge in [-0.2, -0.15) is 4.31 Å². The van der Waals surface area contributed by atoms with Gasteiger partial charge < -0.3 is 0 Å². The van der Waals surface area contributed by atoms with Crippen LogP contribution in [0.15, 0.2) is 41.4 Å². The predicted octanol–water partition coefficient (Wildman–Crippen LogP) is 4.28. The number of nitrogens with zero attached hydrogens (tertiary/aromatic N) is 2. The Labute approximate surface area is 162 Å². The smallest absolute Gasteiger partial charge is 0.249 e. The van der Waals surface area contributed by atoms with Crippen molar-refractivity contribution < 1.29 is 30.4 Å². The molecule has 0 amide bonds. The van der Waals surface area contributed by atoms with Crippen LogP contribution in [0.5, 0.6) is 0 Å². The van der Waals surface area contributed by atoms with E-state index in [-0.39, 0.29) is 6.54 Å². The van der Waals surface area contributed by atoms with Crippen LogP contribution in [0.25, 0.3) is 10.9 Å². The molecule has 152 valence electrons. The third-order valence-corrected chi connectivity index (χ3v) is 6.67. The quantitative estimate of drug-likeness (QED) is 0.346. The summed E-state index contributed by atoms with van der Waals surface area (Å²) in [7, 11) is -5.01. The third-order valence-electron chi connectivity index (χ3n) is 4.76. The van der Waals surface area contributed by atoms with Gasteiger partial charge in [-0.05, 0) is 30.5 Å². The monoisotopic (exact) mass is 428 g/mol. The molecular formula is C19H13F5N2O2S. The second kappa shape index (κ2) is 7.03. The van der Waals surface area contributed by atoms with E-state index in [4.69, 9.17) is 0 Å². The van der Waals surface area contributed by atoms with Gasteiger partial charge in [-0.25, -0.2) is 30.4 Å². The van der Waals surface area contributed by atoms with E-state index in [0.29, 0.717) is 29.3 Å². The maximum Gasteiger partial charge on any atom is 0.249 e. The number of para-hydroxylation sites is 1. The van der Waals surface area contributed by atoms with Crippen LogP contribution >= 0.6 is 0 Å². The molecule has 0 saturated heterocycles. The van der Waals surface area contributed by atoms with E-state index < -0.39 is 50.0 Å². The van der Waals surface area contributed by atoms with E-state index >= 15 is 0 Å². The molecule has 0 unspecified atom stereocenters. The average molecular weight is 428 g/mol. The van der Waals surface area contributed by atoms with E-state index in [9.17, 15) is 30.4 Å². The molecule has 1 aliphatic rings. The Morgan fingerprint density at radius 1 is 0.897 bits per heavy atom.